The normalized spacial score (nSPS) is 10.6. The first kappa shape index (κ1) is 19.3. The Balaban J connectivity index is 1.69. The van der Waals surface area contributed by atoms with Gasteiger partial charge in [-0.15, -0.1) is 5.10 Å². The molecule has 1 amide bonds. The van der Waals surface area contributed by atoms with Crippen molar-refractivity contribution in [3.63, 3.8) is 0 Å². The van der Waals surface area contributed by atoms with Gasteiger partial charge in [0, 0.05) is 6.07 Å². The fourth-order valence-corrected chi connectivity index (χ4v) is 2.82. The van der Waals surface area contributed by atoms with Crippen LogP contribution < -0.4 is 10.9 Å². The molecule has 0 spiro atoms. The van der Waals surface area contributed by atoms with Crippen molar-refractivity contribution in [1.82, 2.24) is 30.4 Å². The lowest BCUT2D eigenvalue weighted by Crippen LogP contribution is -2.31. The molecule has 0 saturated heterocycles. The highest BCUT2D eigenvalue weighted by Gasteiger charge is 2.27. The van der Waals surface area contributed by atoms with E-state index in [1.54, 1.807) is 24.3 Å². The quantitative estimate of drug-likeness (QED) is 0.343. The molecule has 14 nitrogen and oxygen atoms in total. The third-order valence-corrected chi connectivity index (χ3v) is 4.18. The van der Waals surface area contributed by atoms with Crippen molar-refractivity contribution in [1.29, 1.82) is 0 Å². The average Bonchev–Trinajstić information content (AvgIpc) is 3.21. The summed E-state index contributed by atoms with van der Waals surface area (Å²) in [4.78, 5) is 41.5. The van der Waals surface area contributed by atoms with Crippen LogP contribution in [-0.2, 0) is 0 Å². The highest BCUT2D eigenvalue weighted by Crippen LogP contribution is 2.28. The number of nitro benzene ring substituents is 1. The van der Waals surface area contributed by atoms with Crippen LogP contribution in [0, 0.1) is 20.2 Å². The van der Waals surface area contributed by atoms with Crippen molar-refractivity contribution in [2.24, 2.45) is 0 Å². The first-order valence-corrected chi connectivity index (χ1v) is 8.57. The summed E-state index contributed by atoms with van der Waals surface area (Å²) in [6.45, 7) is 0. The van der Waals surface area contributed by atoms with Crippen molar-refractivity contribution in [3.8, 4) is 5.82 Å². The third kappa shape index (κ3) is 3.55. The van der Waals surface area contributed by atoms with E-state index in [2.05, 4.69) is 31.1 Å². The Bertz CT molecular complexity index is 1340. The maximum atomic E-state index is 12.4. The van der Waals surface area contributed by atoms with Gasteiger partial charge in [0.1, 0.15) is 17.4 Å². The number of fused-ring (bicyclic) bond motifs is 1. The molecule has 0 saturated carbocycles. The topological polar surface area (TPSA) is 184 Å². The molecular weight excluding hydrogens is 410 g/mol. The molecule has 2 aromatic carbocycles. The lowest BCUT2D eigenvalue weighted by Gasteiger charge is -2.10. The lowest BCUT2D eigenvalue weighted by atomic mass is 10.2. The minimum Gasteiger partial charge on any atom is -0.276 e. The van der Waals surface area contributed by atoms with Crippen LogP contribution in [0.3, 0.4) is 0 Å². The van der Waals surface area contributed by atoms with Crippen LogP contribution in [-0.4, -0.2) is 40.7 Å². The average molecular weight is 421 g/mol. The molecule has 4 rings (SSSR count). The van der Waals surface area contributed by atoms with E-state index in [0.717, 1.165) is 12.4 Å². The molecule has 0 unspecified atom stereocenters. The van der Waals surface area contributed by atoms with Crippen molar-refractivity contribution in [2.45, 2.75) is 0 Å². The monoisotopic (exact) mass is 421 g/mol. The summed E-state index contributed by atoms with van der Waals surface area (Å²) >= 11 is 0. The number of anilines is 1. The maximum Gasteiger partial charge on any atom is 0.357 e. The fraction of sp³-hybridized carbons (Fsp3) is 0. The number of aromatic nitrogens is 5. The van der Waals surface area contributed by atoms with Crippen molar-refractivity contribution in [3.05, 3.63) is 80.7 Å². The Kier molecular flexibility index (Phi) is 4.85. The van der Waals surface area contributed by atoms with Crippen molar-refractivity contribution in [2.75, 3.05) is 5.43 Å². The Morgan fingerprint density at radius 3 is 2.48 bits per heavy atom. The highest BCUT2D eigenvalue weighted by atomic mass is 16.6. The molecule has 31 heavy (non-hydrogen) atoms. The molecule has 2 N–H and O–H groups in total. The number of carbonyl (C=O) groups is 1. The molecule has 14 heteroatoms. The molecular formula is C17H11N9O5. The Morgan fingerprint density at radius 1 is 0.968 bits per heavy atom. The van der Waals surface area contributed by atoms with Gasteiger partial charge in [-0.3, -0.25) is 35.9 Å². The van der Waals surface area contributed by atoms with E-state index in [9.17, 15) is 25.0 Å². The molecule has 0 aliphatic carbocycles. The van der Waals surface area contributed by atoms with Gasteiger partial charge in [-0.2, -0.15) is 4.68 Å². The van der Waals surface area contributed by atoms with E-state index in [4.69, 9.17) is 0 Å². The second-order valence-corrected chi connectivity index (χ2v) is 5.99. The third-order valence-electron chi connectivity index (χ3n) is 4.18. The minimum absolute atomic E-state index is 0.184. The minimum atomic E-state index is -0.882. The smallest absolute Gasteiger partial charge is 0.276 e. The largest absolute Gasteiger partial charge is 0.357 e. The summed E-state index contributed by atoms with van der Waals surface area (Å²) in [6.07, 6.45) is 1.04. The summed E-state index contributed by atoms with van der Waals surface area (Å²) in [5.41, 5.74) is 4.24. The van der Waals surface area contributed by atoms with Gasteiger partial charge in [-0.1, -0.05) is 29.5 Å². The summed E-state index contributed by atoms with van der Waals surface area (Å²) in [5.74, 6) is -1.41. The number of nitrogens with one attached hydrogen (secondary N) is 2. The van der Waals surface area contributed by atoms with Crippen LogP contribution in [0.25, 0.3) is 16.9 Å². The molecule has 0 bridgehead atoms. The molecule has 0 fully saturated rings. The molecule has 154 valence electrons. The van der Waals surface area contributed by atoms with Gasteiger partial charge in [0.15, 0.2) is 0 Å². The first-order chi connectivity index (χ1) is 15.0. The SMILES string of the molecule is O=C(NNc1ncnc(-n2nnc3ccccc32)c1[N+](=O)[O-])c1ccccc1[N+](=O)[O-]. The number of para-hydroxylation sites is 2. The van der Waals surface area contributed by atoms with Gasteiger partial charge in [0.25, 0.3) is 11.6 Å². The molecule has 4 aromatic rings. The summed E-state index contributed by atoms with van der Waals surface area (Å²) in [5, 5.41) is 30.7. The Morgan fingerprint density at radius 2 is 1.71 bits per heavy atom. The predicted octanol–water partition coefficient (Wildman–Crippen LogP) is 1.78. The molecule has 0 aliphatic rings. The van der Waals surface area contributed by atoms with Gasteiger partial charge < -0.3 is 0 Å². The number of nitro groups is 2. The highest BCUT2D eigenvalue weighted by molar-refractivity contribution is 5.98. The number of benzene rings is 2. The van der Waals surface area contributed by atoms with Crippen LogP contribution in [0.1, 0.15) is 10.4 Å². The van der Waals surface area contributed by atoms with Crippen LogP contribution in [0.15, 0.2) is 54.9 Å². The zero-order valence-electron chi connectivity index (χ0n) is 15.4. The van der Waals surface area contributed by atoms with Crippen LogP contribution >= 0.6 is 0 Å². The van der Waals surface area contributed by atoms with E-state index < -0.39 is 27.1 Å². The Labute approximate surface area is 171 Å². The van der Waals surface area contributed by atoms with Crippen LogP contribution in [0.4, 0.5) is 17.2 Å². The number of hydrazine groups is 1. The van der Waals surface area contributed by atoms with Gasteiger partial charge in [-0.05, 0) is 18.2 Å². The van der Waals surface area contributed by atoms with Crippen LogP contribution in [0.5, 0.6) is 0 Å². The molecule has 0 aliphatic heterocycles. The summed E-state index contributed by atoms with van der Waals surface area (Å²) in [7, 11) is 0. The number of hydrogen-bond donors (Lipinski definition) is 2. The zero-order valence-corrected chi connectivity index (χ0v) is 15.4. The summed E-state index contributed by atoms with van der Waals surface area (Å²) in [6, 6.07) is 12.0. The van der Waals surface area contributed by atoms with Gasteiger partial charge in [0.05, 0.1) is 15.4 Å². The molecule has 2 aromatic heterocycles. The molecule has 0 atom stereocenters. The van der Waals surface area contributed by atoms with Gasteiger partial charge >= 0.3 is 5.69 Å². The molecule has 0 radical (unpaired) electrons. The fourth-order valence-electron chi connectivity index (χ4n) is 2.82. The number of hydrogen-bond acceptors (Lipinski definition) is 10. The van der Waals surface area contributed by atoms with E-state index in [1.807, 2.05) is 0 Å². The summed E-state index contributed by atoms with van der Waals surface area (Å²) < 4.78 is 1.17. The Hall–Kier alpha value is -5.01. The van der Waals surface area contributed by atoms with E-state index in [0.29, 0.717) is 11.0 Å². The number of rotatable bonds is 6. The van der Waals surface area contributed by atoms with Crippen molar-refractivity contribution < 1.29 is 14.6 Å². The van der Waals surface area contributed by atoms with E-state index in [-0.39, 0.29) is 17.2 Å². The van der Waals surface area contributed by atoms with Crippen molar-refractivity contribution >= 4 is 34.1 Å². The van der Waals surface area contributed by atoms with Gasteiger partial charge in [0.2, 0.25) is 11.6 Å². The van der Waals surface area contributed by atoms with E-state index >= 15 is 0 Å². The lowest BCUT2D eigenvalue weighted by molar-refractivity contribution is -0.385. The first-order valence-electron chi connectivity index (χ1n) is 8.57. The second-order valence-electron chi connectivity index (χ2n) is 5.99. The number of nitrogens with zero attached hydrogens (tertiary/aromatic N) is 7. The van der Waals surface area contributed by atoms with Crippen LogP contribution in [0.2, 0.25) is 0 Å². The predicted molar refractivity (Wildman–Crippen MR) is 105 cm³/mol. The number of amides is 1. The standard InChI is InChI=1S/C17H11N9O5/c27-17(10-5-1-3-7-12(10)25(28)29)22-21-15-14(26(30)31)16(19-9-18-15)24-13-8-4-2-6-11(13)20-23-24/h1-9H,(H,22,27)(H,18,19,21). The zero-order chi connectivity index (χ0) is 22.0. The second kappa shape index (κ2) is 7.78. The molecule has 2 heterocycles. The number of carbonyl (C=O) groups excluding carboxylic acids is 1. The maximum absolute atomic E-state index is 12.4. The van der Waals surface area contributed by atoms with E-state index in [1.165, 1.54) is 22.9 Å². The van der Waals surface area contributed by atoms with Gasteiger partial charge in [-0.25, -0.2) is 9.97 Å².